The van der Waals surface area contributed by atoms with E-state index in [1.807, 2.05) is 48.7 Å². The number of rotatable bonds is 6. The molecule has 2 N–H and O–H groups in total. The van der Waals surface area contributed by atoms with E-state index in [-0.39, 0.29) is 12.5 Å². The zero-order valence-corrected chi connectivity index (χ0v) is 13.3. The fraction of sp³-hybridized carbons (Fsp3) is 0.111. The van der Waals surface area contributed by atoms with E-state index in [0.717, 1.165) is 11.4 Å². The van der Waals surface area contributed by atoms with Gasteiger partial charge in [-0.1, -0.05) is 24.3 Å². The van der Waals surface area contributed by atoms with Crippen LogP contribution in [0.15, 0.2) is 67.0 Å². The lowest BCUT2D eigenvalue weighted by molar-refractivity contribution is -0.114. The van der Waals surface area contributed by atoms with Crippen molar-refractivity contribution in [3.05, 3.63) is 67.0 Å². The minimum atomic E-state index is -0.158. The van der Waals surface area contributed by atoms with Crippen LogP contribution < -0.4 is 15.4 Å². The van der Waals surface area contributed by atoms with Gasteiger partial charge in [0.15, 0.2) is 0 Å². The number of para-hydroxylation sites is 4. The van der Waals surface area contributed by atoms with Crippen LogP contribution in [0.1, 0.15) is 0 Å². The number of carbonyl (C=O) groups is 1. The molecule has 0 aliphatic carbocycles. The average Bonchev–Trinajstić information content (AvgIpc) is 3.15. The Morgan fingerprint density at radius 3 is 2.58 bits per heavy atom. The van der Waals surface area contributed by atoms with E-state index >= 15 is 0 Å². The summed E-state index contributed by atoms with van der Waals surface area (Å²) in [6.07, 6.45) is 3.57. The molecular formula is C18H18N4O2. The van der Waals surface area contributed by atoms with Gasteiger partial charge in [0.25, 0.3) is 0 Å². The van der Waals surface area contributed by atoms with Crippen molar-refractivity contribution in [3.63, 3.8) is 0 Å². The zero-order chi connectivity index (χ0) is 16.8. The first kappa shape index (κ1) is 15.6. The second-order valence-electron chi connectivity index (χ2n) is 5.07. The van der Waals surface area contributed by atoms with Gasteiger partial charge in [-0.05, 0) is 30.3 Å². The maximum atomic E-state index is 12.2. The summed E-state index contributed by atoms with van der Waals surface area (Å²) < 4.78 is 6.98. The van der Waals surface area contributed by atoms with Gasteiger partial charge in [-0.2, -0.15) is 5.10 Å². The van der Waals surface area contributed by atoms with Crippen molar-refractivity contribution >= 4 is 17.3 Å². The summed E-state index contributed by atoms with van der Waals surface area (Å²) in [5, 5.41) is 10.2. The highest BCUT2D eigenvalue weighted by Gasteiger charge is 2.09. The Bertz CT molecular complexity index is 815. The standard InChI is InChI=1S/C18H18N4O2/c1-24-17-10-5-3-8-15(17)21-18(23)13-19-14-7-2-4-9-16(14)22-12-6-11-20-22/h2-12,19H,13H2,1H3,(H,21,23). The van der Waals surface area contributed by atoms with Crippen molar-refractivity contribution in [2.45, 2.75) is 0 Å². The molecule has 0 aliphatic heterocycles. The Morgan fingerprint density at radius 2 is 1.83 bits per heavy atom. The average molecular weight is 322 g/mol. The molecule has 0 fully saturated rings. The van der Waals surface area contributed by atoms with E-state index in [2.05, 4.69) is 15.7 Å². The number of ether oxygens (including phenoxy) is 1. The van der Waals surface area contributed by atoms with Gasteiger partial charge < -0.3 is 15.4 Å². The van der Waals surface area contributed by atoms with Gasteiger partial charge in [0, 0.05) is 12.4 Å². The van der Waals surface area contributed by atoms with Crippen LogP contribution in [0.3, 0.4) is 0 Å². The summed E-state index contributed by atoms with van der Waals surface area (Å²) in [6, 6.07) is 16.8. The van der Waals surface area contributed by atoms with Gasteiger partial charge in [0.2, 0.25) is 5.91 Å². The summed E-state index contributed by atoms with van der Waals surface area (Å²) in [6.45, 7) is 0.135. The van der Waals surface area contributed by atoms with Crippen LogP contribution in [-0.2, 0) is 4.79 Å². The molecular weight excluding hydrogens is 304 g/mol. The van der Waals surface area contributed by atoms with Gasteiger partial charge in [-0.15, -0.1) is 0 Å². The minimum absolute atomic E-state index is 0.135. The SMILES string of the molecule is COc1ccccc1NC(=O)CNc1ccccc1-n1cccn1. The molecule has 0 radical (unpaired) electrons. The van der Waals surface area contributed by atoms with Crippen molar-refractivity contribution in [1.82, 2.24) is 9.78 Å². The topological polar surface area (TPSA) is 68.2 Å². The van der Waals surface area contributed by atoms with Crippen molar-refractivity contribution in [2.75, 3.05) is 24.3 Å². The van der Waals surface area contributed by atoms with E-state index in [9.17, 15) is 4.79 Å². The van der Waals surface area contributed by atoms with E-state index in [1.165, 1.54) is 0 Å². The number of methoxy groups -OCH3 is 1. The Kier molecular flexibility index (Phi) is 4.76. The smallest absolute Gasteiger partial charge is 0.243 e. The van der Waals surface area contributed by atoms with Crippen LogP contribution in [0, 0.1) is 0 Å². The zero-order valence-electron chi connectivity index (χ0n) is 13.3. The summed E-state index contributed by atoms with van der Waals surface area (Å²) in [4.78, 5) is 12.2. The van der Waals surface area contributed by atoms with Crippen LogP contribution in [0.5, 0.6) is 5.75 Å². The molecule has 6 heteroatoms. The second kappa shape index (κ2) is 7.32. The molecule has 0 unspecified atom stereocenters. The summed E-state index contributed by atoms with van der Waals surface area (Å²) >= 11 is 0. The predicted octanol–water partition coefficient (Wildman–Crippen LogP) is 2.93. The van der Waals surface area contributed by atoms with Gasteiger partial charge in [-0.25, -0.2) is 4.68 Å². The first-order valence-electron chi connectivity index (χ1n) is 7.53. The van der Waals surface area contributed by atoms with Crippen molar-refractivity contribution in [3.8, 4) is 11.4 Å². The molecule has 6 nitrogen and oxygen atoms in total. The largest absolute Gasteiger partial charge is 0.495 e. The number of amides is 1. The molecule has 122 valence electrons. The number of hydrogen-bond acceptors (Lipinski definition) is 4. The number of carbonyl (C=O) groups excluding carboxylic acids is 1. The Labute approximate surface area is 140 Å². The maximum Gasteiger partial charge on any atom is 0.243 e. The lowest BCUT2D eigenvalue weighted by Gasteiger charge is -2.13. The third-order valence-electron chi connectivity index (χ3n) is 3.48. The second-order valence-corrected chi connectivity index (χ2v) is 5.07. The number of benzene rings is 2. The quantitative estimate of drug-likeness (QED) is 0.732. The Hall–Kier alpha value is -3.28. The molecule has 3 aromatic rings. The molecule has 0 aliphatic rings. The highest BCUT2D eigenvalue weighted by atomic mass is 16.5. The number of nitrogens with one attached hydrogen (secondary N) is 2. The highest BCUT2D eigenvalue weighted by molar-refractivity contribution is 5.95. The van der Waals surface area contributed by atoms with Gasteiger partial charge in [-0.3, -0.25) is 4.79 Å². The van der Waals surface area contributed by atoms with Crippen molar-refractivity contribution < 1.29 is 9.53 Å². The van der Waals surface area contributed by atoms with Crippen molar-refractivity contribution in [2.24, 2.45) is 0 Å². The third-order valence-corrected chi connectivity index (χ3v) is 3.48. The molecule has 0 saturated heterocycles. The first-order valence-corrected chi connectivity index (χ1v) is 7.53. The van der Waals surface area contributed by atoms with Gasteiger partial charge in [0.05, 0.1) is 30.7 Å². The molecule has 24 heavy (non-hydrogen) atoms. The monoisotopic (exact) mass is 322 g/mol. The van der Waals surface area contributed by atoms with E-state index in [0.29, 0.717) is 11.4 Å². The fourth-order valence-electron chi connectivity index (χ4n) is 2.35. The Balaban J connectivity index is 1.67. The molecule has 0 spiro atoms. The number of anilines is 2. The Morgan fingerprint density at radius 1 is 1.08 bits per heavy atom. The molecule has 1 aromatic heterocycles. The van der Waals surface area contributed by atoms with Crippen LogP contribution >= 0.6 is 0 Å². The lowest BCUT2D eigenvalue weighted by atomic mass is 10.2. The normalized spacial score (nSPS) is 10.2. The first-order chi connectivity index (χ1) is 11.8. The molecule has 0 bridgehead atoms. The molecule has 0 atom stereocenters. The maximum absolute atomic E-state index is 12.2. The summed E-state index contributed by atoms with van der Waals surface area (Å²) in [7, 11) is 1.57. The van der Waals surface area contributed by atoms with E-state index < -0.39 is 0 Å². The lowest BCUT2D eigenvalue weighted by Crippen LogP contribution is -2.22. The van der Waals surface area contributed by atoms with Crippen LogP contribution in [0.4, 0.5) is 11.4 Å². The highest BCUT2D eigenvalue weighted by Crippen LogP contribution is 2.23. The molecule has 3 rings (SSSR count). The number of nitrogens with zero attached hydrogens (tertiary/aromatic N) is 2. The van der Waals surface area contributed by atoms with Gasteiger partial charge >= 0.3 is 0 Å². The minimum Gasteiger partial charge on any atom is -0.495 e. The molecule has 0 saturated carbocycles. The van der Waals surface area contributed by atoms with Crippen LogP contribution in [0.25, 0.3) is 5.69 Å². The van der Waals surface area contributed by atoms with Crippen LogP contribution in [0.2, 0.25) is 0 Å². The fourth-order valence-corrected chi connectivity index (χ4v) is 2.35. The summed E-state index contributed by atoms with van der Waals surface area (Å²) in [5.74, 6) is 0.470. The number of hydrogen-bond donors (Lipinski definition) is 2. The van der Waals surface area contributed by atoms with E-state index in [1.54, 1.807) is 30.1 Å². The summed E-state index contributed by atoms with van der Waals surface area (Å²) in [5.41, 5.74) is 2.36. The molecule has 2 aromatic carbocycles. The molecule has 1 heterocycles. The van der Waals surface area contributed by atoms with E-state index in [4.69, 9.17) is 4.74 Å². The molecule has 1 amide bonds. The van der Waals surface area contributed by atoms with Gasteiger partial charge in [0.1, 0.15) is 5.75 Å². The van der Waals surface area contributed by atoms with Crippen molar-refractivity contribution in [1.29, 1.82) is 0 Å². The number of aromatic nitrogens is 2. The van der Waals surface area contributed by atoms with Crippen LogP contribution in [-0.4, -0.2) is 29.3 Å². The predicted molar refractivity (Wildman–Crippen MR) is 93.7 cm³/mol. The third kappa shape index (κ3) is 3.55.